The summed E-state index contributed by atoms with van der Waals surface area (Å²) in [6, 6.07) is 7.74. The lowest BCUT2D eigenvalue weighted by molar-refractivity contribution is -0.164. The maximum absolute atomic E-state index is 12.5. The zero-order valence-corrected chi connectivity index (χ0v) is 13.5. The molecule has 1 aromatic heterocycles. The number of benzene rings is 1. The molecule has 2 aromatic rings. The second-order valence-electron chi connectivity index (χ2n) is 5.83. The van der Waals surface area contributed by atoms with Crippen molar-refractivity contribution >= 4 is 11.8 Å². The van der Waals surface area contributed by atoms with Gasteiger partial charge in [0.05, 0.1) is 0 Å². The topological polar surface area (TPSA) is 88.3 Å². The number of carbonyl (C=O) groups is 2. The molecule has 0 spiro atoms. The van der Waals surface area contributed by atoms with Crippen molar-refractivity contribution < 1.29 is 27.3 Å². The van der Waals surface area contributed by atoms with E-state index in [1.807, 2.05) is 0 Å². The summed E-state index contributed by atoms with van der Waals surface area (Å²) in [6.45, 7) is -1.33. The van der Waals surface area contributed by atoms with Crippen LogP contribution in [-0.2, 0) is 4.79 Å². The molecule has 1 unspecified atom stereocenters. The van der Waals surface area contributed by atoms with Crippen LogP contribution in [0.3, 0.4) is 0 Å². The summed E-state index contributed by atoms with van der Waals surface area (Å²) in [5.74, 6) is -1.73. The summed E-state index contributed by atoms with van der Waals surface area (Å²) in [5.41, 5.74) is 0.639. The first-order valence-electron chi connectivity index (χ1n) is 7.89. The molecule has 2 heterocycles. The van der Waals surface area contributed by atoms with Gasteiger partial charge in [-0.05, 0) is 12.8 Å². The molecule has 1 aliphatic heterocycles. The molecule has 0 bridgehead atoms. The Hall–Kier alpha value is -2.91. The fourth-order valence-electron chi connectivity index (χ4n) is 2.69. The number of carbonyl (C=O) groups excluding carboxylic acids is 2. The van der Waals surface area contributed by atoms with Crippen molar-refractivity contribution in [2.75, 3.05) is 13.1 Å². The second-order valence-corrected chi connectivity index (χ2v) is 5.83. The molecule has 1 atom stereocenters. The van der Waals surface area contributed by atoms with Crippen LogP contribution in [0.25, 0.3) is 11.4 Å². The number of nitrogens with one attached hydrogen (secondary N) is 1. The highest BCUT2D eigenvalue weighted by Crippen LogP contribution is 2.21. The molecule has 3 rings (SSSR count). The molecule has 0 aliphatic carbocycles. The van der Waals surface area contributed by atoms with Crippen molar-refractivity contribution in [1.82, 2.24) is 20.4 Å². The van der Waals surface area contributed by atoms with Crippen LogP contribution in [-0.4, -0.2) is 52.2 Å². The minimum absolute atomic E-state index is 0.00340. The lowest BCUT2D eigenvalue weighted by atomic mass is 10.0. The van der Waals surface area contributed by atoms with Crippen molar-refractivity contribution in [2.45, 2.75) is 25.1 Å². The number of nitrogens with zero attached hydrogens (tertiary/aromatic N) is 3. The van der Waals surface area contributed by atoms with E-state index in [0.29, 0.717) is 16.9 Å². The van der Waals surface area contributed by atoms with Crippen LogP contribution >= 0.6 is 0 Å². The average molecular weight is 368 g/mol. The van der Waals surface area contributed by atoms with Crippen molar-refractivity contribution in [2.24, 2.45) is 0 Å². The summed E-state index contributed by atoms with van der Waals surface area (Å²) in [7, 11) is 0. The van der Waals surface area contributed by atoms with Crippen molar-refractivity contribution in [3.8, 4) is 11.4 Å². The van der Waals surface area contributed by atoms with Crippen molar-refractivity contribution in [1.29, 1.82) is 0 Å². The quantitative estimate of drug-likeness (QED) is 0.892. The molecule has 7 nitrogen and oxygen atoms in total. The van der Waals surface area contributed by atoms with Crippen LogP contribution < -0.4 is 5.32 Å². The number of piperidine rings is 1. The van der Waals surface area contributed by atoms with Gasteiger partial charge in [0.1, 0.15) is 12.6 Å². The number of hydrogen-bond acceptors (Lipinski definition) is 5. The largest absolute Gasteiger partial charge is 0.406 e. The van der Waals surface area contributed by atoms with Gasteiger partial charge in [0.2, 0.25) is 11.7 Å². The number of amides is 2. The summed E-state index contributed by atoms with van der Waals surface area (Å²) in [4.78, 5) is 29.0. The van der Waals surface area contributed by atoms with Gasteiger partial charge < -0.3 is 14.7 Å². The average Bonchev–Trinajstić information content (AvgIpc) is 3.08. The Morgan fingerprint density at radius 1 is 1.31 bits per heavy atom. The third-order valence-electron chi connectivity index (χ3n) is 3.86. The highest BCUT2D eigenvalue weighted by Gasteiger charge is 2.38. The summed E-state index contributed by atoms with van der Waals surface area (Å²) >= 11 is 0. The number of likely N-dealkylation sites (tertiary alicyclic amines) is 1. The Labute approximate surface area is 146 Å². The molecule has 1 N–H and O–H groups in total. The minimum atomic E-state index is -4.49. The summed E-state index contributed by atoms with van der Waals surface area (Å²) < 4.78 is 42.4. The van der Waals surface area contributed by atoms with Crippen LogP contribution in [0.4, 0.5) is 13.2 Å². The maximum atomic E-state index is 12.5. The molecule has 1 fully saturated rings. The van der Waals surface area contributed by atoms with Gasteiger partial charge in [0, 0.05) is 12.1 Å². The molecular formula is C16H15F3N4O3. The predicted octanol–water partition coefficient (Wildman–Crippen LogP) is 2.02. The molecule has 1 aliphatic rings. The smallest absolute Gasteiger partial charge is 0.336 e. The lowest BCUT2D eigenvalue weighted by Gasteiger charge is -2.32. The van der Waals surface area contributed by atoms with E-state index >= 15 is 0 Å². The van der Waals surface area contributed by atoms with E-state index in [1.165, 1.54) is 0 Å². The monoisotopic (exact) mass is 368 g/mol. The third kappa shape index (κ3) is 4.19. The van der Waals surface area contributed by atoms with E-state index in [1.54, 1.807) is 30.3 Å². The van der Waals surface area contributed by atoms with Gasteiger partial charge in [-0.15, -0.1) is 0 Å². The van der Waals surface area contributed by atoms with Gasteiger partial charge in [0.25, 0.3) is 0 Å². The number of aromatic nitrogens is 2. The first-order chi connectivity index (χ1) is 12.3. The zero-order valence-electron chi connectivity index (χ0n) is 13.5. The zero-order chi connectivity index (χ0) is 18.7. The fraction of sp³-hybridized carbons (Fsp3) is 0.375. The number of alkyl halides is 3. The first-order valence-corrected chi connectivity index (χ1v) is 7.89. The molecule has 10 heteroatoms. The Morgan fingerprint density at radius 2 is 2.04 bits per heavy atom. The maximum Gasteiger partial charge on any atom is 0.406 e. The SMILES string of the molecule is O=C(NC1CCCN(CC(F)(F)F)C1=O)c1nc(-c2ccccc2)no1. The Balaban J connectivity index is 1.66. The molecule has 0 radical (unpaired) electrons. The van der Waals surface area contributed by atoms with E-state index in [-0.39, 0.29) is 24.7 Å². The van der Waals surface area contributed by atoms with Crippen LogP contribution in [0.15, 0.2) is 34.9 Å². The van der Waals surface area contributed by atoms with Crippen molar-refractivity contribution in [3.63, 3.8) is 0 Å². The van der Waals surface area contributed by atoms with E-state index in [4.69, 9.17) is 4.52 Å². The second kappa shape index (κ2) is 7.14. The van der Waals surface area contributed by atoms with Gasteiger partial charge in [0.15, 0.2) is 0 Å². The van der Waals surface area contributed by atoms with E-state index in [9.17, 15) is 22.8 Å². The standard InChI is InChI=1S/C16H15F3N4O3/c17-16(18,19)9-23-8-4-7-11(15(23)25)20-13(24)14-21-12(22-26-14)10-5-2-1-3-6-10/h1-3,5-6,11H,4,7-9H2,(H,20,24). The predicted molar refractivity (Wildman–Crippen MR) is 82.9 cm³/mol. The van der Waals surface area contributed by atoms with Crippen LogP contribution in [0.1, 0.15) is 23.5 Å². The Morgan fingerprint density at radius 3 is 2.73 bits per heavy atom. The van der Waals surface area contributed by atoms with Gasteiger partial charge in [-0.3, -0.25) is 9.59 Å². The van der Waals surface area contributed by atoms with E-state index < -0.39 is 30.6 Å². The minimum Gasteiger partial charge on any atom is -0.336 e. The van der Waals surface area contributed by atoms with Crippen LogP contribution in [0.5, 0.6) is 0 Å². The molecule has 0 saturated carbocycles. The van der Waals surface area contributed by atoms with Crippen LogP contribution in [0.2, 0.25) is 0 Å². The molecule has 26 heavy (non-hydrogen) atoms. The highest BCUT2D eigenvalue weighted by molar-refractivity contribution is 5.94. The highest BCUT2D eigenvalue weighted by atomic mass is 19.4. The van der Waals surface area contributed by atoms with Gasteiger partial charge >= 0.3 is 18.0 Å². The molecular weight excluding hydrogens is 353 g/mol. The fourth-order valence-corrected chi connectivity index (χ4v) is 2.69. The lowest BCUT2D eigenvalue weighted by Crippen LogP contribution is -2.54. The van der Waals surface area contributed by atoms with Crippen molar-refractivity contribution in [3.05, 3.63) is 36.2 Å². The third-order valence-corrected chi connectivity index (χ3v) is 3.86. The van der Waals surface area contributed by atoms with E-state index in [0.717, 1.165) is 0 Å². The Bertz CT molecular complexity index is 792. The van der Waals surface area contributed by atoms with Gasteiger partial charge in [-0.25, -0.2) is 0 Å². The summed E-state index contributed by atoms with van der Waals surface area (Å²) in [5, 5.41) is 6.06. The normalized spacial score (nSPS) is 18.0. The number of rotatable bonds is 4. The molecule has 138 valence electrons. The summed E-state index contributed by atoms with van der Waals surface area (Å²) in [6.07, 6.45) is -3.89. The molecule has 1 aromatic carbocycles. The number of halogens is 3. The molecule has 2 amide bonds. The van der Waals surface area contributed by atoms with Gasteiger partial charge in [-0.1, -0.05) is 35.5 Å². The van der Waals surface area contributed by atoms with E-state index in [2.05, 4.69) is 15.5 Å². The number of hydrogen-bond donors (Lipinski definition) is 1. The van der Waals surface area contributed by atoms with Crippen LogP contribution in [0, 0.1) is 0 Å². The molecule has 1 saturated heterocycles. The van der Waals surface area contributed by atoms with Gasteiger partial charge in [-0.2, -0.15) is 18.2 Å². The Kier molecular flexibility index (Phi) is 4.92. The first kappa shape index (κ1) is 17.9.